The second-order valence-corrected chi connectivity index (χ2v) is 6.48. The molecule has 4 N–H and O–H groups in total. The molecule has 0 spiro atoms. The number of benzene rings is 2. The van der Waals surface area contributed by atoms with Gasteiger partial charge in [-0.3, -0.25) is 5.10 Å². The molecular weight excluding hydrogens is 355 g/mol. The van der Waals surface area contributed by atoms with Gasteiger partial charge in [0.2, 0.25) is 0 Å². The molecule has 0 bridgehead atoms. The number of aromatic amines is 2. The highest BCUT2D eigenvalue weighted by atomic mass is 19.1. The third kappa shape index (κ3) is 2.40. The quantitative estimate of drug-likeness (QED) is 0.430. The smallest absolute Gasteiger partial charge is 0.153 e. The van der Waals surface area contributed by atoms with Crippen molar-refractivity contribution >= 4 is 27.8 Å². The van der Waals surface area contributed by atoms with Crippen molar-refractivity contribution in [3.63, 3.8) is 0 Å². The minimum absolute atomic E-state index is 0.0182. The van der Waals surface area contributed by atoms with Crippen LogP contribution in [0.15, 0.2) is 54.7 Å². The molecule has 28 heavy (non-hydrogen) atoms. The van der Waals surface area contributed by atoms with E-state index in [9.17, 15) is 4.39 Å². The maximum absolute atomic E-state index is 14.0. The van der Waals surface area contributed by atoms with Crippen LogP contribution in [0.25, 0.3) is 44.3 Å². The minimum atomic E-state index is -0.548. The van der Waals surface area contributed by atoms with E-state index in [0.717, 1.165) is 33.1 Å². The number of nitriles is 1. The van der Waals surface area contributed by atoms with Crippen LogP contribution in [-0.2, 0) is 0 Å². The van der Waals surface area contributed by atoms with Crippen molar-refractivity contribution < 1.29 is 4.39 Å². The molecule has 134 valence electrons. The molecule has 0 saturated carbocycles. The van der Waals surface area contributed by atoms with Gasteiger partial charge in [-0.1, -0.05) is 12.1 Å². The molecule has 0 unspecified atom stereocenters. The molecule has 0 saturated heterocycles. The number of pyridine rings is 1. The number of anilines is 1. The van der Waals surface area contributed by atoms with Crippen LogP contribution in [0.3, 0.4) is 0 Å². The number of nitrogens with zero attached hydrogens (tertiary/aromatic N) is 3. The third-order valence-electron chi connectivity index (χ3n) is 4.84. The number of hydrogen-bond donors (Lipinski definition) is 3. The summed E-state index contributed by atoms with van der Waals surface area (Å²) in [5.74, 6) is -0.0994. The first kappa shape index (κ1) is 16.0. The lowest BCUT2D eigenvalue weighted by molar-refractivity contribution is 0.624. The summed E-state index contributed by atoms with van der Waals surface area (Å²) in [5.41, 5.74) is 10.8. The Morgan fingerprint density at radius 1 is 1.00 bits per heavy atom. The first-order valence-corrected chi connectivity index (χ1v) is 8.56. The summed E-state index contributed by atoms with van der Waals surface area (Å²) >= 11 is 0. The number of rotatable bonds is 2. The third-order valence-corrected chi connectivity index (χ3v) is 4.84. The molecule has 5 rings (SSSR count). The molecule has 2 aromatic carbocycles. The summed E-state index contributed by atoms with van der Waals surface area (Å²) in [6, 6.07) is 16.1. The lowest BCUT2D eigenvalue weighted by Crippen LogP contribution is -1.85. The van der Waals surface area contributed by atoms with E-state index >= 15 is 0 Å². The zero-order valence-corrected chi connectivity index (χ0v) is 14.5. The molecule has 3 heterocycles. The molecule has 0 radical (unpaired) electrons. The Balaban J connectivity index is 1.68. The number of nitrogen functional groups attached to an aromatic ring is 1. The van der Waals surface area contributed by atoms with Gasteiger partial charge < -0.3 is 10.7 Å². The van der Waals surface area contributed by atoms with Gasteiger partial charge in [0.25, 0.3) is 0 Å². The van der Waals surface area contributed by atoms with Crippen molar-refractivity contribution in [2.45, 2.75) is 0 Å². The van der Waals surface area contributed by atoms with E-state index in [4.69, 9.17) is 11.0 Å². The molecule has 0 aliphatic rings. The van der Waals surface area contributed by atoms with E-state index in [1.165, 1.54) is 12.1 Å². The van der Waals surface area contributed by atoms with Crippen LogP contribution in [-0.4, -0.2) is 20.2 Å². The lowest BCUT2D eigenvalue weighted by atomic mass is 10.0. The van der Waals surface area contributed by atoms with Crippen molar-refractivity contribution in [2.75, 3.05) is 5.73 Å². The van der Waals surface area contributed by atoms with Gasteiger partial charge in [-0.15, -0.1) is 0 Å². The fraction of sp³-hybridized carbons (Fsp3) is 0. The standard InChI is InChI=1S/C21H13FN6/c22-17-8-12(1-2-13(17)10-23)19-9-15-14(5-6-25-21(15)26-19)11-3-4-18-16(7-11)20(24)28-27-18/h1-9H,(H,25,26)(H3,24,27,28). The Morgan fingerprint density at radius 2 is 1.86 bits per heavy atom. The Hall–Kier alpha value is -4.18. The van der Waals surface area contributed by atoms with Crippen molar-refractivity contribution in [3.05, 3.63) is 66.1 Å². The van der Waals surface area contributed by atoms with Crippen LogP contribution in [0.1, 0.15) is 5.56 Å². The number of halogens is 1. The van der Waals surface area contributed by atoms with Gasteiger partial charge in [0.15, 0.2) is 5.82 Å². The number of H-pyrrole nitrogens is 2. The Bertz CT molecular complexity index is 1410. The maximum Gasteiger partial charge on any atom is 0.153 e. The fourth-order valence-electron chi connectivity index (χ4n) is 3.41. The summed E-state index contributed by atoms with van der Waals surface area (Å²) < 4.78 is 14.0. The molecule has 0 fully saturated rings. The first-order valence-electron chi connectivity index (χ1n) is 8.56. The second-order valence-electron chi connectivity index (χ2n) is 6.48. The average molecular weight is 368 g/mol. The van der Waals surface area contributed by atoms with E-state index in [1.54, 1.807) is 12.3 Å². The van der Waals surface area contributed by atoms with Gasteiger partial charge in [-0.25, -0.2) is 9.37 Å². The summed E-state index contributed by atoms with van der Waals surface area (Å²) in [7, 11) is 0. The fourth-order valence-corrected chi connectivity index (χ4v) is 3.41. The predicted molar refractivity (Wildman–Crippen MR) is 106 cm³/mol. The normalized spacial score (nSPS) is 11.1. The molecule has 0 atom stereocenters. The van der Waals surface area contributed by atoms with Gasteiger partial charge in [-0.05, 0) is 47.5 Å². The lowest BCUT2D eigenvalue weighted by Gasteiger charge is -2.03. The first-order chi connectivity index (χ1) is 13.6. The highest BCUT2D eigenvalue weighted by Crippen LogP contribution is 2.33. The second kappa shape index (κ2) is 5.93. The number of fused-ring (bicyclic) bond motifs is 2. The molecule has 0 aliphatic carbocycles. The van der Waals surface area contributed by atoms with E-state index in [0.29, 0.717) is 17.0 Å². The number of nitrogens with one attached hydrogen (secondary N) is 2. The van der Waals surface area contributed by atoms with E-state index in [1.807, 2.05) is 36.4 Å². The molecule has 0 aliphatic heterocycles. The largest absolute Gasteiger partial charge is 0.382 e. The van der Waals surface area contributed by atoms with Gasteiger partial charge in [0, 0.05) is 28.2 Å². The molecule has 3 aromatic heterocycles. The van der Waals surface area contributed by atoms with Gasteiger partial charge in [-0.2, -0.15) is 10.4 Å². The van der Waals surface area contributed by atoms with Crippen molar-refractivity contribution in [2.24, 2.45) is 0 Å². The molecule has 7 heteroatoms. The Labute approximate surface area is 158 Å². The van der Waals surface area contributed by atoms with Gasteiger partial charge in [0.1, 0.15) is 17.5 Å². The van der Waals surface area contributed by atoms with Crippen LogP contribution in [0.5, 0.6) is 0 Å². The van der Waals surface area contributed by atoms with Crippen molar-refractivity contribution in [1.29, 1.82) is 5.26 Å². The van der Waals surface area contributed by atoms with Crippen molar-refractivity contribution in [1.82, 2.24) is 20.2 Å². The van der Waals surface area contributed by atoms with Gasteiger partial charge in [0.05, 0.1) is 11.1 Å². The Kier molecular flexibility index (Phi) is 3.39. The SMILES string of the molecule is N#Cc1ccc(-c2cc3c(-c4ccc5[nH]nc(N)c5c4)ccnc3[nH]2)cc1F. The monoisotopic (exact) mass is 368 g/mol. The Morgan fingerprint density at radius 3 is 2.68 bits per heavy atom. The minimum Gasteiger partial charge on any atom is -0.382 e. The number of nitrogens with two attached hydrogens (primary N) is 1. The topological polar surface area (TPSA) is 107 Å². The zero-order valence-electron chi connectivity index (χ0n) is 14.5. The van der Waals surface area contributed by atoms with Crippen molar-refractivity contribution in [3.8, 4) is 28.5 Å². The molecule has 5 aromatic rings. The number of aromatic nitrogens is 4. The highest BCUT2D eigenvalue weighted by Gasteiger charge is 2.13. The van der Waals surface area contributed by atoms with Crippen LogP contribution in [0.2, 0.25) is 0 Å². The maximum atomic E-state index is 14.0. The predicted octanol–water partition coefficient (Wildman–Crippen LogP) is 4.37. The molecule has 0 amide bonds. The zero-order chi connectivity index (χ0) is 19.3. The van der Waals surface area contributed by atoms with Crippen LogP contribution in [0.4, 0.5) is 10.2 Å². The summed E-state index contributed by atoms with van der Waals surface area (Å²) in [6.07, 6.45) is 1.72. The summed E-state index contributed by atoms with van der Waals surface area (Å²) in [4.78, 5) is 7.62. The number of hydrogen-bond acceptors (Lipinski definition) is 4. The van der Waals surface area contributed by atoms with Crippen LogP contribution in [0, 0.1) is 17.1 Å². The summed E-state index contributed by atoms with van der Waals surface area (Å²) in [6.45, 7) is 0. The van der Waals surface area contributed by atoms with Crippen LogP contribution >= 0.6 is 0 Å². The van der Waals surface area contributed by atoms with Crippen LogP contribution < -0.4 is 5.73 Å². The average Bonchev–Trinajstić information content (AvgIpc) is 3.31. The van der Waals surface area contributed by atoms with E-state index in [-0.39, 0.29) is 5.56 Å². The highest BCUT2D eigenvalue weighted by molar-refractivity contribution is 5.99. The summed E-state index contributed by atoms with van der Waals surface area (Å²) in [5, 5.41) is 17.6. The molecule has 6 nitrogen and oxygen atoms in total. The van der Waals surface area contributed by atoms with Gasteiger partial charge >= 0.3 is 0 Å². The van der Waals surface area contributed by atoms with E-state index < -0.39 is 5.82 Å². The van der Waals surface area contributed by atoms with E-state index in [2.05, 4.69) is 20.2 Å². The molecular formula is C21H13FN6.